The Morgan fingerprint density at radius 1 is 1.25 bits per heavy atom. The van der Waals surface area contributed by atoms with E-state index in [1.54, 1.807) is 20.8 Å². The Morgan fingerprint density at radius 3 is 2.12 bits per heavy atom. The number of carbonyl (C=O) groups is 2. The van der Waals surface area contributed by atoms with E-state index < -0.39 is 33.7 Å². The molecule has 0 bridgehead atoms. The maximum Gasteiger partial charge on any atom is 0.410 e. The van der Waals surface area contributed by atoms with Gasteiger partial charge in [-0.15, -0.1) is 0 Å². The summed E-state index contributed by atoms with van der Waals surface area (Å²) >= 11 is 0. The van der Waals surface area contributed by atoms with Gasteiger partial charge in [0.1, 0.15) is 11.6 Å². The number of likely N-dealkylation sites (N-methyl/N-ethyl adjacent to an activating group) is 1. The molecule has 0 aliphatic rings. The normalized spacial score (nSPS) is 13.2. The molecular formula is C15H22N2O6S. The van der Waals surface area contributed by atoms with Crippen molar-refractivity contribution >= 4 is 22.1 Å². The molecule has 1 aromatic carbocycles. The summed E-state index contributed by atoms with van der Waals surface area (Å²) in [7, 11) is -2.48. The highest BCUT2D eigenvalue weighted by Crippen LogP contribution is 2.15. The average Bonchev–Trinajstić information content (AvgIpc) is 2.41. The van der Waals surface area contributed by atoms with Crippen LogP contribution < -0.4 is 5.14 Å². The number of ether oxygens (including phenoxy) is 1. The van der Waals surface area contributed by atoms with E-state index in [2.05, 4.69) is 0 Å². The van der Waals surface area contributed by atoms with Crippen molar-refractivity contribution in [3.05, 3.63) is 29.8 Å². The van der Waals surface area contributed by atoms with Crippen LogP contribution in [0.25, 0.3) is 0 Å². The Kier molecular flexibility index (Phi) is 5.96. The quantitative estimate of drug-likeness (QED) is 0.814. The molecule has 134 valence electrons. The molecule has 0 aliphatic carbocycles. The Balaban J connectivity index is 2.94. The van der Waals surface area contributed by atoms with Gasteiger partial charge in [0, 0.05) is 13.5 Å². The Hall–Kier alpha value is -2.13. The summed E-state index contributed by atoms with van der Waals surface area (Å²) in [5, 5.41) is 14.4. The number of rotatable bonds is 5. The molecule has 8 nitrogen and oxygen atoms in total. The van der Waals surface area contributed by atoms with Crippen molar-refractivity contribution in [2.24, 2.45) is 5.14 Å². The van der Waals surface area contributed by atoms with Crippen molar-refractivity contribution in [3.8, 4) is 0 Å². The first-order chi connectivity index (χ1) is 10.8. The van der Waals surface area contributed by atoms with E-state index in [1.165, 1.54) is 31.3 Å². The molecule has 24 heavy (non-hydrogen) atoms. The molecule has 0 radical (unpaired) electrons. The van der Waals surface area contributed by atoms with Crippen molar-refractivity contribution < 1.29 is 27.9 Å². The maximum absolute atomic E-state index is 12.0. The van der Waals surface area contributed by atoms with Crippen molar-refractivity contribution in [2.45, 2.75) is 43.7 Å². The highest BCUT2D eigenvalue weighted by Gasteiger charge is 2.30. The van der Waals surface area contributed by atoms with Crippen molar-refractivity contribution in [1.82, 2.24) is 4.90 Å². The largest absolute Gasteiger partial charge is 0.480 e. The number of aliphatic carboxylic acids is 1. The fourth-order valence-electron chi connectivity index (χ4n) is 1.89. The third-order valence-electron chi connectivity index (χ3n) is 3.11. The van der Waals surface area contributed by atoms with E-state index in [1.807, 2.05) is 0 Å². The molecular weight excluding hydrogens is 336 g/mol. The number of nitrogens with zero attached hydrogens (tertiary/aromatic N) is 1. The Morgan fingerprint density at radius 2 is 1.75 bits per heavy atom. The molecule has 0 saturated heterocycles. The van der Waals surface area contributed by atoms with Gasteiger partial charge in [-0.3, -0.25) is 4.90 Å². The van der Waals surface area contributed by atoms with Crippen LogP contribution in [0.5, 0.6) is 0 Å². The SMILES string of the molecule is CN(C(=O)OC(C)(C)C)[C@@H](Cc1ccc(S(N)(=O)=O)cc1)C(=O)O. The van der Waals surface area contributed by atoms with Crippen molar-refractivity contribution in [1.29, 1.82) is 0 Å². The van der Waals surface area contributed by atoms with Crippen LogP contribution in [-0.2, 0) is 26.0 Å². The summed E-state index contributed by atoms with van der Waals surface area (Å²) in [6, 6.07) is 4.34. The van der Waals surface area contributed by atoms with E-state index in [-0.39, 0.29) is 11.3 Å². The molecule has 0 saturated carbocycles. The minimum Gasteiger partial charge on any atom is -0.480 e. The molecule has 3 N–H and O–H groups in total. The van der Waals surface area contributed by atoms with Gasteiger partial charge in [0.05, 0.1) is 4.90 Å². The van der Waals surface area contributed by atoms with Gasteiger partial charge in [-0.05, 0) is 38.5 Å². The smallest absolute Gasteiger partial charge is 0.410 e. The van der Waals surface area contributed by atoms with Gasteiger partial charge in [-0.25, -0.2) is 23.1 Å². The molecule has 0 spiro atoms. The number of carbonyl (C=O) groups excluding carboxylic acids is 1. The number of hydrogen-bond acceptors (Lipinski definition) is 5. The molecule has 1 atom stereocenters. The number of benzene rings is 1. The summed E-state index contributed by atoms with van der Waals surface area (Å²) in [5.74, 6) is -1.20. The second-order valence-electron chi connectivity index (χ2n) is 6.34. The minimum atomic E-state index is -3.82. The van der Waals surface area contributed by atoms with E-state index in [4.69, 9.17) is 9.88 Å². The van der Waals surface area contributed by atoms with Gasteiger partial charge in [0.2, 0.25) is 10.0 Å². The summed E-state index contributed by atoms with van der Waals surface area (Å²) in [5.41, 5.74) is -0.198. The predicted molar refractivity (Wildman–Crippen MR) is 86.9 cm³/mol. The van der Waals surface area contributed by atoms with E-state index in [0.29, 0.717) is 5.56 Å². The van der Waals surface area contributed by atoms with E-state index in [9.17, 15) is 23.1 Å². The molecule has 0 unspecified atom stereocenters. The van der Waals surface area contributed by atoms with Gasteiger partial charge in [-0.1, -0.05) is 12.1 Å². The summed E-state index contributed by atoms with van der Waals surface area (Å²) in [6.45, 7) is 5.04. The summed E-state index contributed by atoms with van der Waals surface area (Å²) < 4.78 is 27.6. The highest BCUT2D eigenvalue weighted by atomic mass is 32.2. The lowest BCUT2D eigenvalue weighted by atomic mass is 10.1. The minimum absolute atomic E-state index is 0.00399. The second-order valence-corrected chi connectivity index (χ2v) is 7.90. The number of hydrogen-bond donors (Lipinski definition) is 2. The van der Waals surface area contributed by atoms with Crippen LogP contribution in [0.1, 0.15) is 26.3 Å². The molecule has 0 heterocycles. The molecule has 1 aromatic rings. The summed E-state index contributed by atoms with van der Waals surface area (Å²) in [6.07, 6.45) is -0.758. The van der Waals surface area contributed by atoms with E-state index >= 15 is 0 Å². The molecule has 0 fully saturated rings. The topological polar surface area (TPSA) is 127 Å². The maximum atomic E-state index is 12.0. The van der Waals surface area contributed by atoms with Gasteiger partial charge in [-0.2, -0.15) is 0 Å². The van der Waals surface area contributed by atoms with Crippen molar-refractivity contribution in [2.75, 3.05) is 7.05 Å². The number of carboxylic acids is 1. The standard InChI is InChI=1S/C15H22N2O6S/c1-15(2,3)23-14(20)17(4)12(13(18)19)9-10-5-7-11(8-6-10)24(16,21)22/h5-8,12H,9H2,1-4H3,(H,18,19)(H2,16,21,22)/t12-/m0/s1. The lowest BCUT2D eigenvalue weighted by Gasteiger charge is -2.28. The third kappa shape index (κ3) is 5.82. The highest BCUT2D eigenvalue weighted by molar-refractivity contribution is 7.89. The van der Waals surface area contributed by atoms with Crippen LogP contribution in [0, 0.1) is 0 Å². The molecule has 1 rings (SSSR count). The zero-order valence-corrected chi connectivity index (χ0v) is 14.8. The number of nitrogens with two attached hydrogens (primary N) is 1. The average molecular weight is 358 g/mol. The van der Waals surface area contributed by atoms with Crippen LogP contribution >= 0.6 is 0 Å². The zero-order valence-electron chi connectivity index (χ0n) is 14.0. The van der Waals surface area contributed by atoms with Gasteiger partial charge >= 0.3 is 12.1 Å². The first kappa shape index (κ1) is 19.9. The molecule has 0 aliphatic heterocycles. The summed E-state index contributed by atoms with van der Waals surface area (Å²) in [4.78, 5) is 24.4. The lowest BCUT2D eigenvalue weighted by molar-refractivity contribution is -0.142. The van der Waals surface area contributed by atoms with Crippen LogP contribution in [0.15, 0.2) is 29.2 Å². The van der Waals surface area contributed by atoms with Crippen molar-refractivity contribution in [3.63, 3.8) is 0 Å². The van der Waals surface area contributed by atoms with Gasteiger partial charge in [0.15, 0.2) is 0 Å². The van der Waals surface area contributed by atoms with E-state index in [0.717, 1.165) is 4.90 Å². The number of amides is 1. The Bertz CT molecular complexity index is 706. The fraction of sp³-hybridized carbons (Fsp3) is 0.467. The van der Waals surface area contributed by atoms with Crippen LogP contribution in [-0.4, -0.2) is 49.2 Å². The van der Waals surface area contributed by atoms with Crippen LogP contribution in [0.3, 0.4) is 0 Å². The first-order valence-electron chi connectivity index (χ1n) is 7.11. The second kappa shape index (κ2) is 7.18. The number of sulfonamides is 1. The molecule has 9 heteroatoms. The predicted octanol–water partition coefficient (Wildman–Crippen LogP) is 1.20. The monoisotopic (exact) mass is 358 g/mol. The molecule has 0 aromatic heterocycles. The first-order valence-corrected chi connectivity index (χ1v) is 8.66. The fourth-order valence-corrected chi connectivity index (χ4v) is 2.40. The lowest BCUT2D eigenvalue weighted by Crippen LogP contribution is -2.46. The van der Waals surface area contributed by atoms with Gasteiger partial charge in [0.25, 0.3) is 0 Å². The van der Waals surface area contributed by atoms with Crippen LogP contribution in [0.2, 0.25) is 0 Å². The Labute approximate surface area is 141 Å². The number of carboxylic acid groups (broad SMARTS) is 1. The molecule has 1 amide bonds. The zero-order chi connectivity index (χ0) is 18.7. The van der Waals surface area contributed by atoms with Crippen LogP contribution in [0.4, 0.5) is 4.79 Å². The number of primary sulfonamides is 1. The third-order valence-corrected chi connectivity index (χ3v) is 4.04. The van der Waals surface area contributed by atoms with Gasteiger partial charge < -0.3 is 9.84 Å².